The molecule has 1 aromatic rings. The van der Waals surface area contributed by atoms with Crippen LogP contribution in [-0.4, -0.2) is 40.8 Å². The first kappa shape index (κ1) is 5.20. The molecule has 0 fully saturated rings. The Labute approximate surface area is 57.4 Å². The Balaban J connectivity index is 3.04. The Kier molecular flexibility index (Phi) is 1.41. The first-order chi connectivity index (χ1) is 3.29. The summed E-state index contributed by atoms with van der Waals surface area (Å²) in [4.78, 5) is 0. The van der Waals surface area contributed by atoms with E-state index in [0.717, 1.165) is 29.0 Å². The first-order valence-corrected chi connectivity index (χ1v) is 4.15. The maximum absolute atomic E-state index is 3.80. The van der Waals surface area contributed by atoms with Gasteiger partial charge in [0.25, 0.3) is 0 Å². The molecule has 1 heterocycles. The number of aryl methyl sites for hydroxylation is 1. The Hall–Kier alpha value is 0.0621. The fourth-order valence-electron chi connectivity index (χ4n) is 0.365. The van der Waals surface area contributed by atoms with E-state index in [2.05, 4.69) is 10.3 Å². The van der Waals surface area contributed by atoms with Crippen LogP contribution in [0.2, 0.25) is 0 Å². The van der Waals surface area contributed by atoms with E-state index >= 15 is 0 Å². The van der Waals surface area contributed by atoms with Crippen LogP contribution in [0.5, 0.6) is 0 Å². The Bertz CT molecular complexity index is 142. The van der Waals surface area contributed by atoms with E-state index in [0.29, 0.717) is 0 Å². The van der Waals surface area contributed by atoms with Crippen molar-refractivity contribution in [2.45, 2.75) is 0 Å². The number of hydrogen-bond donors (Lipinski definition) is 0. The molecule has 7 heavy (non-hydrogen) atoms. The molecular formula is C3H4N3Tl. The van der Waals surface area contributed by atoms with Crippen LogP contribution in [0, 0.1) is 0 Å². The average molecular weight is 286 g/mol. The minimum atomic E-state index is 0.818. The van der Waals surface area contributed by atoms with Gasteiger partial charge in [0, 0.05) is 0 Å². The molecule has 0 bridgehead atoms. The van der Waals surface area contributed by atoms with Crippen molar-refractivity contribution in [2.75, 3.05) is 0 Å². The standard InChI is InChI=1S/C3H4N3.Tl/c1-6-3-2-4-5-6;/h3H,1H3;. The quantitative estimate of drug-likeness (QED) is 0.550. The Morgan fingerprint density at radius 2 is 2.57 bits per heavy atom. The monoisotopic (exact) mass is 287 g/mol. The zero-order valence-electron chi connectivity index (χ0n) is 4.00. The molecule has 34 valence electrons. The molecule has 0 aromatic carbocycles. The van der Waals surface area contributed by atoms with Crippen molar-refractivity contribution in [3.63, 3.8) is 0 Å². The fraction of sp³-hybridized carbons (Fsp3) is 0.333. The minimum absolute atomic E-state index is 0.818. The summed E-state index contributed by atoms with van der Waals surface area (Å²) in [5, 5.41) is 7.53. The van der Waals surface area contributed by atoms with E-state index in [9.17, 15) is 0 Å². The summed E-state index contributed by atoms with van der Waals surface area (Å²) in [6.45, 7) is 0. The SMILES string of the molecule is Cn1c[c]([Tl])nn1. The van der Waals surface area contributed by atoms with Gasteiger partial charge in [-0.05, 0) is 0 Å². The van der Waals surface area contributed by atoms with Crippen LogP contribution in [0.25, 0.3) is 0 Å². The van der Waals surface area contributed by atoms with Gasteiger partial charge in [-0.3, -0.25) is 0 Å². The van der Waals surface area contributed by atoms with E-state index < -0.39 is 0 Å². The molecule has 0 saturated heterocycles. The predicted octanol–water partition coefficient (Wildman–Crippen LogP) is -1.39. The van der Waals surface area contributed by atoms with E-state index in [4.69, 9.17) is 0 Å². The summed E-state index contributed by atoms with van der Waals surface area (Å²) in [7, 11) is 1.87. The molecule has 0 saturated carbocycles. The van der Waals surface area contributed by atoms with E-state index in [-0.39, 0.29) is 0 Å². The molecule has 0 aliphatic heterocycles. The van der Waals surface area contributed by atoms with Crippen molar-refractivity contribution in [1.82, 2.24) is 15.0 Å². The predicted molar refractivity (Wildman–Crippen MR) is 26.4 cm³/mol. The third-order valence-corrected chi connectivity index (χ3v) is 1.65. The van der Waals surface area contributed by atoms with Crippen molar-refractivity contribution < 1.29 is 0 Å². The number of nitrogens with zero attached hydrogens (tertiary/aromatic N) is 3. The van der Waals surface area contributed by atoms with Crippen LogP contribution in [0.15, 0.2) is 6.20 Å². The second kappa shape index (κ2) is 1.89. The van der Waals surface area contributed by atoms with Crippen molar-refractivity contribution in [3.8, 4) is 0 Å². The summed E-state index contributed by atoms with van der Waals surface area (Å²) in [6.07, 6.45) is 1.94. The Morgan fingerprint density at radius 1 is 1.86 bits per heavy atom. The number of hydrogen-bond acceptors (Lipinski definition) is 2. The van der Waals surface area contributed by atoms with Crippen LogP contribution in [0.3, 0.4) is 0 Å². The molecule has 0 aliphatic rings. The van der Waals surface area contributed by atoms with Gasteiger partial charge < -0.3 is 0 Å². The molecule has 0 N–H and O–H groups in total. The summed E-state index contributed by atoms with van der Waals surface area (Å²) in [5.41, 5.74) is 0. The Morgan fingerprint density at radius 3 is 2.71 bits per heavy atom. The third kappa shape index (κ3) is 1.22. The zero-order chi connectivity index (χ0) is 5.28. The molecule has 0 amide bonds. The molecule has 0 atom stereocenters. The summed E-state index contributed by atoms with van der Waals surface area (Å²) in [5.74, 6) is 0. The maximum atomic E-state index is 3.80. The van der Waals surface area contributed by atoms with Gasteiger partial charge in [-0.15, -0.1) is 0 Å². The molecular weight excluding hydrogens is 282 g/mol. The van der Waals surface area contributed by atoms with Crippen molar-refractivity contribution in [3.05, 3.63) is 6.20 Å². The topological polar surface area (TPSA) is 30.7 Å². The van der Waals surface area contributed by atoms with Gasteiger partial charge >= 0.3 is 57.3 Å². The van der Waals surface area contributed by atoms with Gasteiger partial charge in [-0.25, -0.2) is 0 Å². The van der Waals surface area contributed by atoms with Gasteiger partial charge in [0.05, 0.1) is 0 Å². The first-order valence-electron chi connectivity index (χ1n) is 1.91. The second-order valence-electron chi connectivity index (χ2n) is 1.32. The molecule has 0 aliphatic carbocycles. The average Bonchev–Trinajstić information content (AvgIpc) is 1.87. The molecule has 0 spiro atoms. The molecule has 0 unspecified atom stereocenters. The van der Waals surface area contributed by atoms with Crippen molar-refractivity contribution in [1.29, 1.82) is 0 Å². The summed E-state index contributed by atoms with van der Waals surface area (Å²) >= 11 is 0.818. The van der Waals surface area contributed by atoms with E-state index in [1.165, 1.54) is 0 Å². The number of rotatable bonds is 0. The van der Waals surface area contributed by atoms with Crippen LogP contribution in [0.4, 0.5) is 0 Å². The van der Waals surface area contributed by atoms with Crippen LogP contribution < -0.4 is 3.25 Å². The van der Waals surface area contributed by atoms with Crippen molar-refractivity contribution >= 4 is 29.0 Å². The van der Waals surface area contributed by atoms with Gasteiger partial charge in [0.2, 0.25) is 0 Å². The van der Waals surface area contributed by atoms with Gasteiger partial charge in [-0.2, -0.15) is 0 Å². The van der Waals surface area contributed by atoms with E-state index in [1.807, 2.05) is 13.2 Å². The molecule has 4 heteroatoms. The normalized spacial score (nSPS) is 9.14. The number of aromatic nitrogens is 3. The van der Waals surface area contributed by atoms with Crippen LogP contribution in [-0.2, 0) is 7.05 Å². The van der Waals surface area contributed by atoms with Crippen LogP contribution >= 0.6 is 0 Å². The molecule has 1 aromatic heterocycles. The molecule has 3 nitrogen and oxygen atoms in total. The second-order valence-corrected chi connectivity index (χ2v) is 3.62. The van der Waals surface area contributed by atoms with Crippen LogP contribution in [0.1, 0.15) is 0 Å². The van der Waals surface area contributed by atoms with Gasteiger partial charge in [-0.1, -0.05) is 0 Å². The fourth-order valence-corrected chi connectivity index (χ4v) is 1.40. The van der Waals surface area contributed by atoms with Gasteiger partial charge in [0.15, 0.2) is 0 Å². The molecule has 1 rings (SSSR count). The summed E-state index contributed by atoms with van der Waals surface area (Å²) < 4.78 is 2.84. The van der Waals surface area contributed by atoms with Gasteiger partial charge in [0.1, 0.15) is 0 Å². The summed E-state index contributed by atoms with van der Waals surface area (Å²) in [6, 6.07) is 0. The van der Waals surface area contributed by atoms with E-state index in [1.54, 1.807) is 4.68 Å². The zero-order valence-corrected chi connectivity index (χ0v) is 8.49. The van der Waals surface area contributed by atoms with Crippen molar-refractivity contribution in [2.24, 2.45) is 7.05 Å². The molecule has 0 radical (unpaired) electrons. The third-order valence-electron chi connectivity index (χ3n) is 0.620.